The highest BCUT2D eigenvalue weighted by molar-refractivity contribution is 5.81. The number of likely N-dealkylation sites (tertiary alicyclic amines) is 1. The van der Waals surface area contributed by atoms with Gasteiger partial charge >= 0.3 is 6.09 Å². The van der Waals surface area contributed by atoms with Crippen LogP contribution in [0.15, 0.2) is 0 Å². The van der Waals surface area contributed by atoms with Gasteiger partial charge in [-0.05, 0) is 26.7 Å². The third kappa shape index (κ3) is 4.22. The van der Waals surface area contributed by atoms with Crippen LogP contribution in [0.3, 0.4) is 0 Å². The molecular weight excluding hydrogens is 222 g/mol. The maximum atomic E-state index is 11.4. The minimum absolute atomic E-state index is 0.110. The first-order chi connectivity index (χ1) is 8.04. The molecule has 1 aliphatic rings. The SMILES string of the molecule is CCOC(=O)N1CCC(NC(=O)[C@@H](C)N)CC1. The van der Waals surface area contributed by atoms with Crippen LogP contribution in [0.1, 0.15) is 26.7 Å². The van der Waals surface area contributed by atoms with Crippen molar-refractivity contribution in [2.24, 2.45) is 5.73 Å². The molecular formula is C11H21N3O3. The molecule has 0 saturated carbocycles. The lowest BCUT2D eigenvalue weighted by Crippen LogP contribution is -2.49. The number of hydrogen-bond acceptors (Lipinski definition) is 4. The van der Waals surface area contributed by atoms with Crippen molar-refractivity contribution >= 4 is 12.0 Å². The fourth-order valence-corrected chi connectivity index (χ4v) is 1.75. The molecule has 1 atom stereocenters. The minimum atomic E-state index is -0.488. The van der Waals surface area contributed by atoms with Gasteiger partial charge in [0.05, 0.1) is 12.6 Å². The zero-order valence-electron chi connectivity index (χ0n) is 10.4. The molecule has 0 radical (unpaired) electrons. The number of piperidine rings is 1. The summed E-state index contributed by atoms with van der Waals surface area (Å²) in [5.41, 5.74) is 5.47. The van der Waals surface area contributed by atoms with Gasteiger partial charge in [-0.25, -0.2) is 4.79 Å². The number of ether oxygens (including phenoxy) is 1. The van der Waals surface area contributed by atoms with Gasteiger partial charge in [-0.15, -0.1) is 0 Å². The van der Waals surface area contributed by atoms with Gasteiger partial charge in [-0.1, -0.05) is 0 Å². The number of nitrogens with zero attached hydrogens (tertiary/aromatic N) is 1. The van der Waals surface area contributed by atoms with Crippen LogP contribution >= 0.6 is 0 Å². The van der Waals surface area contributed by atoms with Crippen molar-refractivity contribution < 1.29 is 14.3 Å². The third-order valence-corrected chi connectivity index (χ3v) is 2.78. The molecule has 0 aliphatic carbocycles. The molecule has 0 aromatic carbocycles. The topological polar surface area (TPSA) is 84.7 Å². The van der Waals surface area contributed by atoms with E-state index in [0.29, 0.717) is 19.7 Å². The second-order valence-corrected chi connectivity index (χ2v) is 4.26. The summed E-state index contributed by atoms with van der Waals surface area (Å²) in [7, 11) is 0. The van der Waals surface area contributed by atoms with Crippen molar-refractivity contribution in [1.29, 1.82) is 0 Å². The molecule has 98 valence electrons. The maximum absolute atomic E-state index is 11.4. The van der Waals surface area contributed by atoms with Gasteiger partial charge in [0, 0.05) is 19.1 Å². The summed E-state index contributed by atoms with van der Waals surface area (Å²) in [6.45, 7) is 5.06. The molecule has 1 rings (SSSR count). The van der Waals surface area contributed by atoms with E-state index >= 15 is 0 Å². The van der Waals surface area contributed by atoms with Crippen molar-refractivity contribution in [1.82, 2.24) is 10.2 Å². The van der Waals surface area contributed by atoms with E-state index in [9.17, 15) is 9.59 Å². The van der Waals surface area contributed by atoms with Crippen molar-refractivity contribution in [2.45, 2.75) is 38.8 Å². The third-order valence-electron chi connectivity index (χ3n) is 2.78. The van der Waals surface area contributed by atoms with Crippen molar-refractivity contribution in [3.05, 3.63) is 0 Å². The number of nitrogens with two attached hydrogens (primary N) is 1. The molecule has 3 N–H and O–H groups in total. The van der Waals surface area contributed by atoms with Gasteiger partial charge < -0.3 is 20.7 Å². The van der Waals surface area contributed by atoms with E-state index in [-0.39, 0.29) is 18.0 Å². The summed E-state index contributed by atoms with van der Waals surface area (Å²) >= 11 is 0. The van der Waals surface area contributed by atoms with E-state index in [1.807, 2.05) is 0 Å². The summed E-state index contributed by atoms with van der Waals surface area (Å²) in [5, 5.41) is 2.87. The zero-order chi connectivity index (χ0) is 12.8. The molecule has 0 aromatic rings. The molecule has 0 unspecified atom stereocenters. The number of nitrogens with one attached hydrogen (secondary N) is 1. The molecule has 0 spiro atoms. The maximum Gasteiger partial charge on any atom is 0.409 e. The fraction of sp³-hybridized carbons (Fsp3) is 0.818. The Morgan fingerprint density at radius 3 is 2.53 bits per heavy atom. The average Bonchev–Trinajstić information content (AvgIpc) is 2.30. The molecule has 1 heterocycles. The van der Waals surface area contributed by atoms with Crippen molar-refractivity contribution in [3.8, 4) is 0 Å². The lowest BCUT2D eigenvalue weighted by Gasteiger charge is -2.31. The molecule has 0 aromatic heterocycles. The largest absolute Gasteiger partial charge is 0.450 e. The molecule has 1 saturated heterocycles. The standard InChI is InChI=1S/C11H21N3O3/c1-3-17-11(16)14-6-4-9(5-7-14)13-10(15)8(2)12/h8-9H,3-7,12H2,1-2H3,(H,13,15)/t8-/m1/s1. The first-order valence-electron chi connectivity index (χ1n) is 6.02. The first-order valence-corrected chi connectivity index (χ1v) is 6.02. The Bertz CT molecular complexity index is 273. The van der Waals surface area contributed by atoms with Crippen molar-refractivity contribution in [2.75, 3.05) is 19.7 Å². The summed E-state index contributed by atoms with van der Waals surface area (Å²) in [6.07, 6.45) is 1.22. The highest BCUT2D eigenvalue weighted by Crippen LogP contribution is 2.11. The summed E-state index contributed by atoms with van der Waals surface area (Å²) in [4.78, 5) is 24.5. The van der Waals surface area contributed by atoms with Crippen LogP contribution < -0.4 is 11.1 Å². The lowest BCUT2D eigenvalue weighted by molar-refractivity contribution is -0.122. The fourth-order valence-electron chi connectivity index (χ4n) is 1.75. The van der Waals surface area contributed by atoms with Gasteiger partial charge in [-0.2, -0.15) is 0 Å². The van der Waals surface area contributed by atoms with Gasteiger partial charge in [0.15, 0.2) is 0 Å². The monoisotopic (exact) mass is 243 g/mol. The highest BCUT2D eigenvalue weighted by Gasteiger charge is 2.24. The molecule has 6 heteroatoms. The molecule has 1 fully saturated rings. The van der Waals surface area contributed by atoms with Crippen molar-refractivity contribution in [3.63, 3.8) is 0 Å². The van der Waals surface area contributed by atoms with Gasteiger partial charge in [0.25, 0.3) is 0 Å². The Hall–Kier alpha value is -1.30. The van der Waals surface area contributed by atoms with E-state index in [1.165, 1.54) is 0 Å². The number of carbonyl (C=O) groups excluding carboxylic acids is 2. The normalized spacial score (nSPS) is 18.6. The van der Waals surface area contributed by atoms with Crippen LogP contribution in [0.25, 0.3) is 0 Å². The predicted molar refractivity (Wildman–Crippen MR) is 63.4 cm³/mol. The molecule has 0 bridgehead atoms. The van der Waals surface area contributed by atoms with Gasteiger partial charge in [-0.3, -0.25) is 4.79 Å². The van der Waals surface area contributed by atoms with Crippen LogP contribution in [0.4, 0.5) is 4.79 Å². The van der Waals surface area contributed by atoms with E-state index in [1.54, 1.807) is 18.7 Å². The number of rotatable bonds is 3. The predicted octanol–water partition coefficient (Wildman–Crippen LogP) is 0.0707. The van der Waals surface area contributed by atoms with E-state index in [0.717, 1.165) is 12.8 Å². The number of amides is 2. The Morgan fingerprint density at radius 1 is 1.47 bits per heavy atom. The summed E-state index contributed by atoms with van der Waals surface area (Å²) < 4.78 is 4.92. The average molecular weight is 243 g/mol. The number of carbonyl (C=O) groups is 2. The van der Waals surface area contributed by atoms with E-state index < -0.39 is 6.04 Å². The van der Waals surface area contributed by atoms with E-state index in [2.05, 4.69) is 5.32 Å². The van der Waals surface area contributed by atoms with Gasteiger partial charge in [0.1, 0.15) is 0 Å². The summed E-state index contributed by atoms with van der Waals surface area (Å²) in [5.74, 6) is -0.139. The van der Waals surface area contributed by atoms with Crippen LogP contribution in [-0.2, 0) is 9.53 Å². The summed E-state index contributed by atoms with van der Waals surface area (Å²) in [6, 6.07) is -0.378. The first kappa shape index (κ1) is 13.8. The van der Waals surface area contributed by atoms with Crippen LogP contribution in [-0.4, -0.2) is 48.7 Å². The van der Waals surface area contributed by atoms with Gasteiger partial charge in [0.2, 0.25) is 5.91 Å². The molecule has 17 heavy (non-hydrogen) atoms. The van der Waals surface area contributed by atoms with Crippen LogP contribution in [0, 0.1) is 0 Å². The molecule has 2 amide bonds. The Morgan fingerprint density at radius 2 is 2.06 bits per heavy atom. The Balaban J connectivity index is 2.31. The van der Waals surface area contributed by atoms with Crippen LogP contribution in [0.2, 0.25) is 0 Å². The highest BCUT2D eigenvalue weighted by atomic mass is 16.6. The molecule has 1 aliphatic heterocycles. The second-order valence-electron chi connectivity index (χ2n) is 4.26. The second kappa shape index (κ2) is 6.44. The molecule has 6 nitrogen and oxygen atoms in total. The smallest absolute Gasteiger partial charge is 0.409 e. The Kier molecular flexibility index (Phi) is 5.21. The quantitative estimate of drug-likeness (QED) is 0.734. The lowest BCUT2D eigenvalue weighted by atomic mass is 10.1. The minimum Gasteiger partial charge on any atom is -0.450 e. The zero-order valence-corrected chi connectivity index (χ0v) is 10.4. The number of hydrogen-bond donors (Lipinski definition) is 2. The Labute approximate surface area is 101 Å². The van der Waals surface area contributed by atoms with Crippen LogP contribution in [0.5, 0.6) is 0 Å². The van der Waals surface area contributed by atoms with E-state index in [4.69, 9.17) is 10.5 Å².